The van der Waals surface area contributed by atoms with Crippen molar-refractivity contribution in [2.75, 3.05) is 31.3 Å². The largest absolute Gasteiger partial charge is 0.303 e. The summed E-state index contributed by atoms with van der Waals surface area (Å²) in [5.41, 5.74) is 0.704. The molecule has 0 bridgehead atoms. The molecule has 0 aliphatic carbocycles. The zero-order valence-corrected chi connectivity index (χ0v) is 12.7. The van der Waals surface area contributed by atoms with Crippen molar-refractivity contribution in [3.63, 3.8) is 0 Å². The van der Waals surface area contributed by atoms with Crippen LogP contribution in [0.15, 0.2) is 29.2 Å². The summed E-state index contributed by atoms with van der Waals surface area (Å²) in [5, 5.41) is 0. The second-order valence-corrected chi connectivity index (χ2v) is 6.27. The summed E-state index contributed by atoms with van der Waals surface area (Å²) in [6.07, 6.45) is 4.08. The van der Waals surface area contributed by atoms with Gasteiger partial charge < -0.3 is 4.90 Å². The predicted molar refractivity (Wildman–Crippen MR) is 82.5 cm³/mol. The van der Waals surface area contributed by atoms with Gasteiger partial charge in [-0.25, -0.2) is 0 Å². The Bertz CT molecular complexity index is 401. The number of carbonyl (C=O) groups is 1. The molecule has 0 unspecified atom stereocenters. The SMILES string of the molecule is O=C(CCl)c1ccc(SCCN2CCCCC2)cc1. The number of rotatable bonds is 6. The van der Waals surface area contributed by atoms with Crippen molar-refractivity contribution in [3.8, 4) is 0 Å². The number of hydrogen-bond donors (Lipinski definition) is 0. The van der Waals surface area contributed by atoms with Gasteiger partial charge in [0.25, 0.3) is 0 Å². The van der Waals surface area contributed by atoms with E-state index in [1.807, 2.05) is 36.0 Å². The van der Waals surface area contributed by atoms with Gasteiger partial charge in [0.2, 0.25) is 0 Å². The van der Waals surface area contributed by atoms with E-state index in [4.69, 9.17) is 11.6 Å². The molecule has 1 aliphatic rings. The van der Waals surface area contributed by atoms with E-state index in [0.29, 0.717) is 5.56 Å². The van der Waals surface area contributed by atoms with Crippen LogP contribution in [-0.2, 0) is 0 Å². The molecule has 2 nitrogen and oxygen atoms in total. The number of Topliss-reactive ketones (excluding diaryl/α,β-unsaturated/α-hetero) is 1. The molecule has 0 spiro atoms. The summed E-state index contributed by atoms with van der Waals surface area (Å²) < 4.78 is 0. The first-order valence-electron chi connectivity index (χ1n) is 6.84. The van der Waals surface area contributed by atoms with Crippen LogP contribution in [0.5, 0.6) is 0 Å². The van der Waals surface area contributed by atoms with E-state index in [9.17, 15) is 4.79 Å². The second-order valence-electron chi connectivity index (χ2n) is 4.83. The van der Waals surface area contributed by atoms with Crippen molar-refractivity contribution in [1.82, 2.24) is 4.90 Å². The van der Waals surface area contributed by atoms with Gasteiger partial charge in [-0.3, -0.25) is 4.79 Å². The number of alkyl halides is 1. The second kappa shape index (κ2) is 7.93. The lowest BCUT2D eigenvalue weighted by Gasteiger charge is -2.26. The van der Waals surface area contributed by atoms with E-state index in [-0.39, 0.29) is 11.7 Å². The van der Waals surface area contributed by atoms with Crippen LogP contribution < -0.4 is 0 Å². The first kappa shape index (κ1) is 14.9. The van der Waals surface area contributed by atoms with Crippen molar-refractivity contribution in [2.24, 2.45) is 0 Å². The quantitative estimate of drug-likeness (QED) is 0.454. The summed E-state index contributed by atoms with van der Waals surface area (Å²) in [6.45, 7) is 3.67. The number of thioether (sulfide) groups is 1. The molecule has 0 N–H and O–H groups in total. The third-order valence-electron chi connectivity index (χ3n) is 3.42. The summed E-state index contributed by atoms with van der Waals surface area (Å²) in [6, 6.07) is 7.77. The minimum atomic E-state index is -0.00784. The Labute approximate surface area is 124 Å². The van der Waals surface area contributed by atoms with Crippen LogP contribution in [0.3, 0.4) is 0 Å². The number of carbonyl (C=O) groups excluding carboxylic acids is 1. The van der Waals surface area contributed by atoms with E-state index in [2.05, 4.69) is 4.90 Å². The monoisotopic (exact) mass is 297 g/mol. The summed E-state index contributed by atoms with van der Waals surface area (Å²) >= 11 is 7.39. The standard InChI is InChI=1S/C15H20ClNOS/c16-12-15(18)13-4-6-14(7-5-13)19-11-10-17-8-2-1-3-9-17/h4-7H,1-3,8-12H2. The van der Waals surface area contributed by atoms with Crippen LogP contribution in [0.2, 0.25) is 0 Å². The summed E-state index contributed by atoms with van der Waals surface area (Å²) in [4.78, 5) is 15.2. The van der Waals surface area contributed by atoms with Gasteiger partial charge in [-0.2, -0.15) is 0 Å². The highest BCUT2D eigenvalue weighted by Gasteiger charge is 2.09. The first-order valence-corrected chi connectivity index (χ1v) is 8.36. The van der Waals surface area contributed by atoms with Crippen LogP contribution in [0.4, 0.5) is 0 Å². The van der Waals surface area contributed by atoms with E-state index in [0.717, 1.165) is 12.3 Å². The van der Waals surface area contributed by atoms with Crippen molar-refractivity contribution in [2.45, 2.75) is 24.2 Å². The molecule has 0 aromatic heterocycles. The van der Waals surface area contributed by atoms with E-state index in [1.165, 1.54) is 37.2 Å². The average Bonchev–Trinajstić information content (AvgIpc) is 2.48. The van der Waals surface area contributed by atoms with Gasteiger partial charge in [0.05, 0.1) is 5.88 Å². The maximum Gasteiger partial charge on any atom is 0.177 e. The summed E-state index contributed by atoms with van der Waals surface area (Å²) in [5.74, 6) is 1.16. The molecule has 1 aromatic carbocycles. The fourth-order valence-electron chi connectivity index (χ4n) is 2.29. The lowest BCUT2D eigenvalue weighted by atomic mass is 10.1. The molecule has 2 rings (SSSR count). The summed E-state index contributed by atoms with van der Waals surface area (Å²) in [7, 11) is 0. The van der Waals surface area contributed by atoms with Gasteiger partial charge in [0.15, 0.2) is 5.78 Å². The third kappa shape index (κ3) is 4.83. The molecule has 104 valence electrons. The number of nitrogens with zero attached hydrogens (tertiary/aromatic N) is 1. The van der Waals surface area contributed by atoms with Gasteiger partial charge in [-0.1, -0.05) is 18.6 Å². The zero-order valence-electron chi connectivity index (χ0n) is 11.1. The normalized spacial score (nSPS) is 16.5. The molecule has 1 aliphatic heterocycles. The molecule has 1 fully saturated rings. The molecule has 0 radical (unpaired) electrons. The highest BCUT2D eigenvalue weighted by atomic mass is 35.5. The fraction of sp³-hybridized carbons (Fsp3) is 0.533. The van der Waals surface area contributed by atoms with Gasteiger partial charge in [0, 0.05) is 22.8 Å². The minimum absolute atomic E-state index is 0.00784. The van der Waals surface area contributed by atoms with Gasteiger partial charge >= 0.3 is 0 Å². The topological polar surface area (TPSA) is 20.3 Å². The Morgan fingerprint density at radius 3 is 2.47 bits per heavy atom. The van der Waals surface area contributed by atoms with Crippen LogP contribution in [0.25, 0.3) is 0 Å². The Balaban J connectivity index is 1.75. The number of ketones is 1. The molecular weight excluding hydrogens is 278 g/mol. The molecule has 1 saturated heterocycles. The van der Waals surface area contributed by atoms with Crippen molar-refractivity contribution in [1.29, 1.82) is 0 Å². The molecule has 1 heterocycles. The number of hydrogen-bond acceptors (Lipinski definition) is 3. The molecule has 4 heteroatoms. The average molecular weight is 298 g/mol. The number of likely N-dealkylation sites (tertiary alicyclic amines) is 1. The zero-order chi connectivity index (χ0) is 13.5. The highest BCUT2D eigenvalue weighted by molar-refractivity contribution is 7.99. The first-order chi connectivity index (χ1) is 9.29. The van der Waals surface area contributed by atoms with Gasteiger partial charge in [-0.05, 0) is 38.1 Å². The van der Waals surface area contributed by atoms with E-state index < -0.39 is 0 Å². The Hall–Kier alpha value is -0.510. The number of benzene rings is 1. The maximum atomic E-state index is 11.4. The fourth-order valence-corrected chi connectivity index (χ4v) is 3.36. The Kier molecular flexibility index (Phi) is 6.21. The number of piperidine rings is 1. The smallest absolute Gasteiger partial charge is 0.177 e. The molecule has 0 saturated carbocycles. The van der Waals surface area contributed by atoms with Gasteiger partial charge in [0.1, 0.15) is 0 Å². The molecule has 0 atom stereocenters. The Morgan fingerprint density at radius 2 is 1.84 bits per heavy atom. The van der Waals surface area contributed by atoms with Crippen molar-refractivity contribution in [3.05, 3.63) is 29.8 Å². The van der Waals surface area contributed by atoms with Gasteiger partial charge in [-0.15, -0.1) is 23.4 Å². The van der Waals surface area contributed by atoms with E-state index >= 15 is 0 Å². The molecule has 19 heavy (non-hydrogen) atoms. The van der Waals surface area contributed by atoms with Crippen LogP contribution in [0, 0.1) is 0 Å². The van der Waals surface area contributed by atoms with Crippen LogP contribution >= 0.6 is 23.4 Å². The van der Waals surface area contributed by atoms with Crippen molar-refractivity contribution >= 4 is 29.1 Å². The molecule has 1 aromatic rings. The maximum absolute atomic E-state index is 11.4. The lowest BCUT2D eigenvalue weighted by molar-refractivity contribution is 0.102. The van der Waals surface area contributed by atoms with Crippen molar-refractivity contribution < 1.29 is 4.79 Å². The van der Waals surface area contributed by atoms with E-state index in [1.54, 1.807) is 0 Å². The Morgan fingerprint density at radius 1 is 1.16 bits per heavy atom. The minimum Gasteiger partial charge on any atom is -0.303 e. The predicted octanol–water partition coefficient (Wildman–Crippen LogP) is 3.69. The lowest BCUT2D eigenvalue weighted by Crippen LogP contribution is -2.31. The van der Waals surface area contributed by atoms with Crippen LogP contribution in [-0.4, -0.2) is 42.0 Å². The highest BCUT2D eigenvalue weighted by Crippen LogP contribution is 2.19. The molecule has 0 amide bonds. The third-order valence-corrected chi connectivity index (χ3v) is 4.66. The van der Waals surface area contributed by atoms with Crippen LogP contribution in [0.1, 0.15) is 29.6 Å². The molecular formula is C15H20ClNOS. The number of halogens is 1.